The predicted octanol–water partition coefficient (Wildman–Crippen LogP) is 4.86. The topological polar surface area (TPSA) is 18.5 Å². The molecule has 0 aliphatic carbocycles. The van der Waals surface area contributed by atoms with Crippen molar-refractivity contribution in [2.75, 3.05) is 0 Å². The van der Waals surface area contributed by atoms with Crippen molar-refractivity contribution in [3.63, 3.8) is 0 Å². The molecule has 0 aliphatic rings. The molecule has 0 aromatic carbocycles. The highest BCUT2D eigenvalue weighted by atomic mass is 32.1. The SMILES string of the molecule is CCC(S)CC[Si](C)(O[Si](C)(C)C)O[Si](C)(C)C. The Bertz CT molecular complexity index is 233. The molecule has 0 heterocycles. The number of hydrogen-bond donors (Lipinski definition) is 1. The van der Waals surface area contributed by atoms with E-state index in [-0.39, 0.29) is 0 Å². The van der Waals surface area contributed by atoms with Crippen molar-refractivity contribution in [3.05, 3.63) is 0 Å². The van der Waals surface area contributed by atoms with Gasteiger partial charge >= 0.3 is 8.56 Å². The Kier molecular flexibility index (Phi) is 7.44. The molecule has 1 atom stereocenters. The van der Waals surface area contributed by atoms with Crippen molar-refractivity contribution < 1.29 is 8.23 Å². The van der Waals surface area contributed by atoms with Crippen LogP contribution in [0.3, 0.4) is 0 Å². The normalized spacial score (nSPS) is 15.8. The Morgan fingerprint density at radius 3 is 1.56 bits per heavy atom. The van der Waals surface area contributed by atoms with Gasteiger partial charge in [0.1, 0.15) is 0 Å². The summed E-state index contributed by atoms with van der Waals surface area (Å²) in [6, 6.07) is 1.07. The van der Waals surface area contributed by atoms with Crippen LogP contribution >= 0.6 is 12.6 Å². The first kappa shape index (κ1) is 18.9. The maximum Gasteiger partial charge on any atom is 0.314 e. The van der Waals surface area contributed by atoms with Crippen molar-refractivity contribution >= 4 is 37.8 Å². The zero-order valence-electron chi connectivity index (χ0n) is 13.5. The number of thiol groups is 1. The second-order valence-corrected chi connectivity index (χ2v) is 20.7. The molecule has 2 nitrogen and oxygen atoms in total. The fraction of sp³-hybridized carbons (Fsp3) is 1.00. The zero-order chi connectivity index (χ0) is 14.6. The van der Waals surface area contributed by atoms with E-state index in [1.165, 1.54) is 0 Å². The standard InChI is InChI=1S/C12H32O2SSi3/c1-9-12(15)10-11-18(8,13-16(2,3)4)14-17(5,6)7/h12,15H,9-11H2,1-8H3. The molecule has 0 amide bonds. The van der Waals surface area contributed by atoms with Gasteiger partial charge in [0.15, 0.2) is 16.6 Å². The Morgan fingerprint density at radius 1 is 0.889 bits per heavy atom. The summed E-state index contributed by atoms with van der Waals surface area (Å²) < 4.78 is 12.9. The summed E-state index contributed by atoms with van der Waals surface area (Å²) in [6.07, 6.45) is 2.23. The Labute approximate surface area is 123 Å². The van der Waals surface area contributed by atoms with Crippen LogP contribution in [0.2, 0.25) is 51.9 Å². The molecule has 0 saturated carbocycles. The zero-order valence-corrected chi connectivity index (χ0v) is 17.4. The van der Waals surface area contributed by atoms with Crippen LogP contribution in [0.25, 0.3) is 0 Å². The molecule has 0 spiro atoms. The van der Waals surface area contributed by atoms with Gasteiger partial charge < -0.3 is 8.23 Å². The lowest BCUT2D eigenvalue weighted by atomic mass is 10.3. The summed E-state index contributed by atoms with van der Waals surface area (Å²) in [5, 5.41) is 0.479. The van der Waals surface area contributed by atoms with Crippen LogP contribution in [0.15, 0.2) is 0 Å². The monoisotopic (exact) mass is 324 g/mol. The Morgan fingerprint density at radius 2 is 1.28 bits per heavy atom. The summed E-state index contributed by atoms with van der Waals surface area (Å²) in [7, 11) is -5.11. The van der Waals surface area contributed by atoms with E-state index in [2.05, 4.69) is 65.4 Å². The molecule has 0 radical (unpaired) electrons. The Hall–Kier alpha value is 0.921. The van der Waals surface area contributed by atoms with E-state index in [9.17, 15) is 0 Å². The van der Waals surface area contributed by atoms with Crippen molar-refractivity contribution in [1.82, 2.24) is 0 Å². The smallest absolute Gasteiger partial charge is 0.314 e. The van der Waals surface area contributed by atoms with Gasteiger partial charge in [-0.2, -0.15) is 12.6 Å². The van der Waals surface area contributed by atoms with E-state index in [1.807, 2.05) is 0 Å². The minimum Gasteiger partial charge on any atom is -0.437 e. The molecular weight excluding hydrogens is 292 g/mol. The third kappa shape index (κ3) is 9.80. The van der Waals surface area contributed by atoms with Crippen LogP contribution in [-0.2, 0) is 8.23 Å². The summed E-state index contributed by atoms with van der Waals surface area (Å²) in [5.41, 5.74) is 0. The molecule has 0 aromatic heterocycles. The van der Waals surface area contributed by atoms with Gasteiger partial charge in [-0.1, -0.05) is 6.92 Å². The minimum atomic E-state index is -2.02. The molecule has 110 valence electrons. The van der Waals surface area contributed by atoms with Gasteiger partial charge in [0.05, 0.1) is 0 Å². The van der Waals surface area contributed by atoms with E-state index in [1.54, 1.807) is 0 Å². The third-order valence-corrected chi connectivity index (χ3v) is 12.6. The molecule has 0 fully saturated rings. The highest BCUT2D eigenvalue weighted by Gasteiger charge is 2.40. The van der Waals surface area contributed by atoms with Gasteiger partial charge in [0.25, 0.3) is 0 Å². The average Bonchev–Trinajstić information content (AvgIpc) is 2.07. The maximum absolute atomic E-state index is 6.45. The van der Waals surface area contributed by atoms with Crippen LogP contribution in [-0.4, -0.2) is 30.4 Å². The van der Waals surface area contributed by atoms with Crippen molar-refractivity contribution in [3.8, 4) is 0 Å². The molecule has 0 aromatic rings. The maximum atomic E-state index is 6.45. The summed E-state index contributed by atoms with van der Waals surface area (Å²) >= 11 is 4.60. The summed E-state index contributed by atoms with van der Waals surface area (Å²) in [5.74, 6) is 0. The predicted molar refractivity (Wildman–Crippen MR) is 93.0 cm³/mol. The van der Waals surface area contributed by atoms with E-state index in [4.69, 9.17) is 8.23 Å². The number of rotatable bonds is 8. The molecule has 0 aliphatic heterocycles. The summed E-state index contributed by atoms with van der Waals surface area (Å²) in [4.78, 5) is 0. The van der Waals surface area contributed by atoms with Gasteiger partial charge in [-0.05, 0) is 64.7 Å². The molecule has 0 saturated heterocycles. The van der Waals surface area contributed by atoms with Crippen LogP contribution in [0.5, 0.6) is 0 Å². The third-order valence-electron chi connectivity index (χ3n) is 2.45. The quantitative estimate of drug-likeness (QED) is 0.508. The lowest BCUT2D eigenvalue weighted by Crippen LogP contribution is -2.52. The van der Waals surface area contributed by atoms with E-state index in [0.29, 0.717) is 5.25 Å². The van der Waals surface area contributed by atoms with E-state index < -0.39 is 25.2 Å². The molecule has 18 heavy (non-hydrogen) atoms. The van der Waals surface area contributed by atoms with Gasteiger partial charge in [-0.3, -0.25) is 0 Å². The molecule has 6 heteroatoms. The number of hydrogen-bond acceptors (Lipinski definition) is 3. The van der Waals surface area contributed by atoms with Crippen LogP contribution in [0.4, 0.5) is 0 Å². The highest BCUT2D eigenvalue weighted by Crippen LogP contribution is 2.27. The lowest BCUT2D eigenvalue weighted by Gasteiger charge is -2.39. The second-order valence-electron chi connectivity index (χ2n) is 7.16. The first-order chi connectivity index (χ1) is 7.87. The van der Waals surface area contributed by atoms with Gasteiger partial charge in [0, 0.05) is 5.25 Å². The Balaban J connectivity index is 4.70. The average molecular weight is 325 g/mol. The highest BCUT2D eigenvalue weighted by molar-refractivity contribution is 7.80. The second kappa shape index (κ2) is 7.08. The van der Waals surface area contributed by atoms with Crippen molar-refractivity contribution in [1.29, 1.82) is 0 Å². The van der Waals surface area contributed by atoms with Crippen LogP contribution in [0, 0.1) is 0 Å². The molecule has 0 bridgehead atoms. The molecule has 0 rings (SSSR count). The fourth-order valence-corrected chi connectivity index (χ4v) is 15.0. The summed E-state index contributed by atoms with van der Waals surface area (Å²) in [6.45, 7) is 18.0. The van der Waals surface area contributed by atoms with Crippen LogP contribution < -0.4 is 0 Å². The largest absolute Gasteiger partial charge is 0.437 e. The molecular formula is C12H32O2SSi3. The van der Waals surface area contributed by atoms with Crippen molar-refractivity contribution in [2.45, 2.75) is 76.9 Å². The van der Waals surface area contributed by atoms with Crippen LogP contribution in [0.1, 0.15) is 19.8 Å². The van der Waals surface area contributed by atoms with Gasteiger partial charge in [-0.15, -0.1) is 0 Å². The van der Waals surface area contributed by atoms with E-state index >= 15 is 0 Å². The fourth-order valence-electron chi connectivity index (χ4n) is 2.05. The van der Waals surface area contributed by atoms with Crippen molar-refractivity contribution in [2.24, 2.45) is 0 Å². The van der Waals surface area contributed by atoms with Gasteiger partial charge in [0.2, 0.25) is 0 Å². The molecule has 1 unspecified atom stereocenters. The first-order valence-corrected chi connectivity index (χ1v) is 16.8. The lowest BCUT2D eigenvalue weighted by molar-refractivity contribution is 0.381. The van der Waals surface area contributed by atoms with Gasteiger partial charge in [-0.25, -0.2) is 0 Å². The first-order valence-electron chi connectivity index (χ1n) is 6.95. The van der Waals surface area contributed by atoms with E-state index in [0.717, 1.165) is 18.9 Å². The molecule has 0 N–H and O–H groups in total. The minimum absolute atomic E-state index is 0.479.